The van der Waals surface area contributed by atoms with Crippen LogP contribution in [0.15, 0.2) is 36.5 Å². The summed E-state index contributed by atoms with van der Waals surface area (Å²) in [5.41, 5.74) is 8.31. The van der Waals surface area contributed by atoms with Gasteiger partial charge in [-0.2, -0.15) is 5.10 Å². The van der Waals surface area contributed by atoms with Gasteiger partial charge in [0.05, 0.1) is 0 Å². The van der Waals surface area contributed by atoms with Crippen LogP contribution in [0.1, 0.15) is 23.6 Å². The molecule has 0 aliphatic rings. The molecule has 1 unspecified atom stereocenters. The van der Waals surface area contributed by atoms with Crippen LogP contribution in [-0.4, -0.2) is 16.3 Å². The molecule has 3 nitrogen and oxygen atoms in total. The van der Waals surface area contributed by atoms with Crippen LogP contribution in [-0.2, 0) is 13.5 Å². The Bertz CT molecular complexity index is 507. The summed E-state index contributed by atoms with van der Waals surface area (Å²) < 4.78 is 1.91. The molecule has 0 spiro atoms. The van der Waals surface area contributed by atoms with E-state index in [9.17, 15) is 0 Å². The molecule has 2 N–H and O–H groups in total. The normalized spacial score (nSPS) is 12.6. The third kappa shape index (κ3) is 3.12. The minimum absolute atomic E-state index is 0.346. The lowest BCUT2D eigenvalue weighted by Gasteiger charge is -2.15. The molecule has 1 aromatic heterocycles. The van der Waals surface area contributed by atoms with Crippen molar-refractivity contribution >= 4 is 11.6 Å². The van der Waals surface area contributed by atoms with E-state index in [1.165, 1.54) is 11.3 Å². The van der Waals surface area contributed by atoms with E-state index in [1.54, 1.807) is 0 Å². The largest absolute Gasteiger partial charge is 0.330 e. The lowest BCUT2D eigenvalue weighted by molar-refractivity contribution is 0.603. The Morgan fingerprint density at radius 3 is 2.83 bits per heavy atom. The number of aromatic nitrogens is 2. The highest BCUT2D eigenvalue weighted by molar-refractivity contribution is 6.30. The fourth-order valence-corrected chi connectivity index (χ4v) is 2.35. The summed E-state index contributed by atoms with van der Waals surface area (Å²) in [5, 5.41) is 4.94. The molecule has 0 bridgehead atoms. The van der Waals surface area contributed by atoms with Crippen molar-refractivity contribution in [1.82, 2.24) is 9.78 Å². The second-order valence-corrected chi connectivity index (χ2v) is 4.91. The van der Waals surface area contributed by atoms with E-state index >= 15 is 0 Å². The first-order valence-corrected chi connectivity index (χ1v) is 6.51. The molecule has 1 aromatic carbocycles. The van der Waals surface area contributed by atoms with Crippen molar-refractivity contribution in [3.8, 4) is 0 Å². The van der Waals surface area contributed by atoms with E-state index < -0.39 is 0 Å². The second-order valence-electron chi connectivity index (χ2n) is 4.47. The molecule has 2 aromatic rings. The Labute approximate surface area is 113 Å². The number of halogens is 1. The van der Waals surface area contributed by atoms with Crippen molar-refractivity contribution < 1.29 is 0 Å². The van der Waals surface area contributed by atoms with Crippen LogP contribution in [0, 0.1) is 0 Å². The number of rotatable bonds is 5. The van der Waals surface area contributed by atoms with E-state index in [1.807, 2.05) is 42.2 Å². The molecule has 0 saturated heterocycles. The van der Waals surface area contributed by atoms with Crippen LogP contribution in [0.2, 0.25) is 5.02 Å². The first-order chi connectivity index (χ1) is 8.70. The minimum Gasteiger partial charge on any atom is -0.330 e. The van der Waals surface area contributed by atoms with Crippen molar-refractivity contribution in [1.29, 1.82) is 0 Å². The summed E-state index contributed by atoms with van der Waals surface area (Å²) in [6, 6.07) is 10.0. The average Bonchev–Trinajstić information content (AvgIpc) is 2.76. The van der Waals surface area contributed by atoms with Crippen molar-refractivity contribution in [2.24, 2.45) is 12.8 Å². The molecule has 18 heavy (non-hydrogen) atoms. The zero-order chi connectivity index (χ0) is 13.0. The minimum atomic E-state index is 0.346. The number of aryl methyl sites for hydroxylation is 2. The number of nitrogens with zero attached hydrogens (tertiary/aromatic N) is 2. The van der Waals surface area contributed by atoms with Gasteiger partial charge in [0.25, 0.3) is 0 Å². The summed E-state index contributed by atoms with van der Waals surface area (Å²) in [5.74, 6) is 0.346. The van der Waals surface area contributed by atoms with Gasteiger partial charge in [0, 0.05) is 24.0 Å². The summed E-state index contributed by atoms with van der Waals surface area (Å²) >= 11 is 6.02. The third-order valence-electron chi connectivity index (χ3n) is 3.28. The van der Waals surface area contributed by atoms with E-state index in [0.717, 1.165) is 17.9 Å². The lowest BCUT2D eigenvalue weighted by Crippen LogP contribution is -2.14. The highest BCUT2D eigenvalue weighted by Crippen LogP contribution is 2.23. The van der Waals surface area contributed by atoms with E-state index in [-0.39, 0.29) is 0 Å². The van der Waals surface area contributed by atoms with Crippen LogP contribution in [0.5, 0.6) is 0 Å². The molecule has 0 fully saturated rings. The number of hydrogen-bond donors (Lipinski definition) is 1. The van der Waals surface area contributed by atoms with Crippen molar-refractivity contribution in [3.63, 3.8) is 0 Å². The predicted octanol–water partition coefficient (Wildman–Crippen LogP) is 2.75. The maximum atomic E-state index is 6.02. The second kappa shape index (κ2) is 6.03. The molecular formula is C14H18ClN3. The molecule has 1 heterocycles. The van der Waals surface area contributed by atoms with Gasteiger partial charge in [0.1, 0.15) is 0 Å². The Morgan fingerprint density at radius 2 is 2.22 bits per heavy atom. The van der Waals surface area contributed by atoms with Crippen molar-refractivity contribution in [2.45, 2.75) is 18.8 Å². The molecule has 0 amide bonds. The first kappa shape index (κ1) is 13.1. The Hall–Kier alpha value is -1.32. The summed E-state index contributed by atoms with van der Waals surface area (Å²) in [4.78, 5) is 0. The maximum Gasteiger partial charge on any atom is 0.0492 e. The molecule has 0 aliphatic heterocycles. The topological polar surface area (TPSA) is 43.8 Å². The molecule has 0 radical (unpaired) electrons. The Balaban J connectivity index is 2.04. The zero-order valence-corrected chi connectivity index (χ0v) is 11.3. The number of nitrogens with two attached hydrogens (primary N) is 1. The van der Waals surface area contributed by atoms with Gasteiger partial charge in [-0.05, 0) is 49.1 Å². The number of benzene rings is 1. The van der Waals surface area contributed by atoms with Gasteiger partial charge in [-0.25, -0.2) is 0 Å². The Kier molecular flexibility index (Phi) is 4.39. The van der Waals surface area contributed by atoms with E-state index in [2.05, 4.69) is 11.2 Å². The van der Waals surface area contributed by atoms with Gasteiger partial charge in [-0.15, -0.1) is 0 Å². The Morgan fingerprint density at radius 1 is 1.39 bits per heavy atom. The fraction of sp³-hybridized carbons (Fsp3) is 0.357. The van der Waals surface area contributed by atoms with Gasteiger partial charge in [0.2, 0.25) is 0 Å². The monoisotopic (exact) mass is 263 g/mol. The van der Waals surface area contributed by atoms with Crippen LogP contribution >= 0.6 is 11.6 Å². The van der Waals surface area contributed by atoms with Gasteiger partial charge >= 0.3 is 0 Å². The molecule has 4 heteroatoms. The van der Waals surface area contributed by atoms with Crippen LogP contribution in [0.25, 0.3) is 0 Å². The molecule has 96 valence electrons. The SMILES string of the molecule is Cn1nccc1CCC(CN)c1cccc(Cl)c1. The van der Waals surface area contributed by atoms with Gasteiger partial charge < -0.3 is 5.73 Å². The summed E-state index contributed by atoms with van der Waals surface area (Å²) in [6.45, 7) is 0.637. The summed E-state index contributed by atoms with van der Waals surface area (Å²) in [7, 11) is 1.96. The van der Waals surface area contributed by atoms with Gasteiger partial charge in [-0.3, -0.25) is 4.68 Å². The van der Waals surface area contributed by atoms with Crippen molar-refractivity contribution in [3.05, 3.63) is 52.8 Å². The van der Waals surface area contributed by atoms with Crippen LogP contribution in [0.4, 0.5) is 0 Å². The van der Waals surface area contributed by atoms with E-state index in [0.29, 0.717) is 12.5 Å². The predicted molar refractivity (Wildman–Crippen MR) is 74.8 cm³/mol. The van der Waals surface area contributed by atoms with Crippen LogP contribution < -0.4 is 5.73 Å². The maximum absolute atomic E-state index is 6.02. The van der Waals surface area contributed by atoms with Crippen molar-refractivity contribution in [2.75, 3.05) is 6.54 Å². The molecular weight excluding hydrogens is 246 g/mol. The number of hydrogen-bond acceptors (Lipinski definition) is 2. The summed E-state index contributed by atoms with van der Waals surface area (Å²) in [6.07, 6.45) is 3.81. The first-order valence-electron chi connectivity index (χ1n) is 6.13. The molecule has 2 rings (SSSR count). The lowest BCUT2D eigenvalue weighted by atomic mass is 9.93. The van der Waals surface area contributed by atoms with Gasteiger partial charge in [0.15, 0.2) is 0 Å². The van der Waals surface area contributed by atoms with Gasteiger partial charge in [-0.1, -0.05) is 23.7 Å². The highest BCUT2D eigenvalue weighted by atomic mass is 35.5. The quantitative estimate of drug-likeness (QED) is 0.902. The fourth-order valence-electron chi connectivity index (χ4n) is 2.15. The zero-order valence-electron chi connectivity index (χ0n) is 10.5. The molecule has 1 atom stereocenters. The standard InChI is InChI=1S/C14H18ClN3/c1-18-14(7-8-17-18)6-5-12(10-16)11-3-2-4-13(15)9-11/h2-4,7-9,12H,5-6,10,16H2,1H3. The highest BCUT2D eigenvalue weighted by Gasteiger charge is 2.11. The smallest absolute Gasteiger partial charge is 0.0492 e. The average molecular weight is 264 g/mol. The molecule has 0 saturated carbocycles. The third-order valence-corrected chi connectivity index (χ3v) is 3.51. The molecule has 0 aliphatic carbocycles. The van der Waals surface area contributed by atoms with E-state index in [4.69, 9.17) is 17.3 Å². The van der Waals surface area contributed by atoms with Crippen LogP contribution in [0.3, 0.4) is 0 Å².